The SMILES string of the molecule is Cc1cc2c(c(/C(N)=N/NN)c1F)N(Cc1cccnc1)CCO2. The Kier molecular flexibility index (Phi) is 4.48. The van der Waals surface area contributed by atoms with Gasteiger partial charge in [-0.1, -0.05) is 6.07 Å². The summed E-state index contributed by atoms with van der Waals surface area (Å²) in [6, 6.07) is 5.50. The number of aryl methyl sites for hydroxylation is 1. The Morgan fingerprint density at radius 2 is 2.38 bits per heavy atom. The first-order valence-electron chi connectivity index (χ1n) is 7.50. The molecule has 0 aliphatic carbocycles. The second-order valence-corrected chi connectivity index (χ2v) is 5.49. The molecule has 0 saturated heterocycles. The fourth-order valence-electron chi connectivity index (χ4n) is 2.78. The third kappa shape index (κ3) is 2.95. The van der Waals surface area contributed by atoms with Gasteiger partial charge >= 0.3 is 0 Å². The molecule has 0 atom stereocenters. The molecule has 126 valence electrons. The van der Waals surface area contributed by atoms with Gasteiger partial charge in [-0.15, -0.1) is 5.10 Å². The molecule has 1 aliphatic rings. The van der Waals surface area contributed by atoms with Crippen LogP contribution in [0.5, 0.6) is 5.75 Å². The van der Waals surface area contributed by atoms with E-state index in [1.165, 1.54) is 0 Å². The van der Waals surface area contributed by atoms with E-state index in [9.17, 15) is 4.39 Å². The number of fused-ring (bicyclic) bond motifs is 1. The third-order valence-corrected chi connectivity index (χ3v) is 3.86. The number of amidine groups is 1. The number of halogens is 1. The molecule has 0 saturated carbocycles. The molecule has 3 rings (SSSR count). The number of hydrogen-bond acceptors (Lipinski definition) is 6. The van der Waals surface area contributed by atoms with E-state index in [4.69, 9.17) is 16.3 Å². The van der Waals surface area contributed by atoms with Gasteiger partial charge in [-0.05, 0) is 30.2 Å². The van der Waals surface area contributed by atoms with Gasteiger partial charge < -0.3 is 15.4 Å². The van der Waals surface area contributed by atoms with E-state index in [0.29, 0.717) is 36.7 Å². The zero-order valence-electron chi connectivity index (χ0n) is 13.3. The smallest absolute Gasteiger partial charge is 0.157 e. The molecule has 0 bridgehead atoms. The Morgan fingerprint density at radius 1 is 1.54 bits per heavy atom. The summed E-state index contributed by atoms with van der Waals surface area (Å²) < 4.78 is 20.5. The molecule has 1 aromatic heterocycles. The Hall–Kier alpha value is -2.87. The normalized spacial score (nSPS) is 14.1. The number of pyridine rings is 1. The van der Waals surface area contributed by atoms with Crippen molar-refractivity contribution < 1.29 is 9.13 Å². The van der Waals surface area contributed by atoms with Gasteiger partial charge in [0.25, 0.3) is 0 Å². The van der Waals surface area contributed by atoms with Crippen molar-refractivity contribution in [1.82, 2.24) is 10.5 Å². The highest BCUT2D eigenvalue weighted by Crippen LogP contribution is 2.38. The van der Waals surface area contributed by atoms with E-state index in [2.05, 4.69) is 15.6 Å². The predicted octanol–water partition coefficient (Wildman–Crippen LogP) is 1.01. The van der Waals surface area contributed by atoms with E-state index in [-0.39, 0.29) is 11.4 Å². The Labute approximate surface area is 139 Å². The van der Waals surface area contributed by atoms with Crippen LogP contribution in [0.2, 0.25) is 0 Å². The van der Waals surface area contributed by atoms with Crippen LogP contribution in [0.25, 0.3) is 0 Å². The molecular weight excluding hydrogens is 311 g/mol. The van der Waals surface area contributed by atoms with Crippen LogP contribution in [-0.2, 0) is 6.54 Å². The van der Waals surface area contributed by atoms with Gasteiger partial charge in [-0.3, -0.25) is 4.98 Å². The monoisotopic (exact) mass is 330 g/mol. The summed E-state index contributed by atoms with van der Waals surface area (Å²) >= 11 is 0. The Balaban J connectivity index is 2.10. The molecule has 5 N–H and O–H groups in total. The van der Waals surface area contributed by atoms with Crippen LogP contribution in [-0.4, -0.2) is 24.0 Å². The van der Waals surface area contributed by atoms with Crippen molar-refractivity contribution in [2.24, 2.45) is 16.7 Å². The topological polar surface area (TPSA) is 102 Å². The third-order valence-electron chi connectivity index (χ3n) is 3.86. The zero-order chi connectivity index (χ0) is 17.1. The van der Waals surface area contributed by atoms with Gasteiger partial charge in [0.1, 0.15) is 18.2 Å². The maximum atomic E-state index is 14.8. The molecule has 7 nitrogen and oxygen atoms in total. The summed E-state index contributed by atoms with van der Waals surface area (Å²) in [5.74, 6) is 5.31. The lowest BCUT2D eigenvalue weighted by Gasteiger charge is -2.33. The molecule has 2 aromatic rings. The van der Waals surface area contributed by atoms with Gasteiger partial charge in [0, 0.05) is 18.9 Å². The zero-order valence-corrected chi connectivity index (χ0v) is 13.3. The van der Waals surface area contributed by atoms with Crippen molar-refractivity contribution in [2.45, 2.75) is 13.5 Å². The van der Waals surface area contributed by atoms with E-state index in [1.807, 2.05) is 17.0 Å². The molecular formula is C16H19FN6O. The van der Waals surface area contributed by atoms with Crippen LogP contribution in [0.4, 0.5) is 10.1 Å². The van der Waals surface area contributed by atoms with Crippen molar-refractivity contribution in [1.29, 1.82) is 0 Å². The lowest BCUT2D eigenvalue weighted by Crippen LogP contribution is -2.35. The number of anilines is 1. The van der Waals surface area contributed by atoms with Gasteiger partial charge in [0.05, 0.1) is 17.8 Å². The maximum Gasteiger partial charge on any atom is 0.157 e. The summed E-state index contributed by atoms with van der Waals surface area (Å²) in [6.07, 6.45) is 3.49. The fraction of sp³-hybridized carbons (Fsp3) is 0.250. The predicted molar refractivity (Wildman–Crippen MR) is 90.0 cm³/mol. The second kappa shape index (κ2) is 6.71. The summed E-state index contributed by atoms with van der Waals surface area (Å²) in [5.41, 5.74) is 10.2. The van der Waals surface area contributed by atoms with Crippen LogP contribution in [0, 0.1) is 12.7 Å². The number of rotatable bonds is 4. The highest BCUT2D eigenvalue weighted by atomic mass is 19.1. The number of hydrazone groups is 1. The van der Waals surface area contributed by atoms with Crippen molar-refractivity contribution in [3.8, 4) is 5.75 Å². The number of aromatic nitrogens is 1. The Morgan fingerprint density at radius 3 is 3.08 bits per heavy atom. The first-order valence-corrected chi connectivity index (χ1v) is 7.50. The van der Waals surface area contributed by atoms with Crippen molar-refractivity contribution in [3.05, 3.63) is 53.1 Å². The molecule has 0 unspecified atom stereocenters. The number of hydrazine groups is 1. The molecule has 8 heteroatoms. The average Bonchev–Trinajstić information content (AvgIpc) is 2.57. The average molecular weight is 330 g/mol. The molecule has 1 aromatic carbocycles. The number of nitrogens with two attached hydrogens (primary N) is 2. The summed E-state index contributed by atoms with van der Waals surface area (Å²) in [6.45, 7) is 3.32. The first-order chi connectivity index (χ1) is 11.6. The van der Waals surface area contributed by atoms with Gasteiger partial charge in [-0.25, -0.2) is 15.8 Å². The number of benzene rings is 1. The minimum Gasteiger partial charge on any atom is -0.490 e. The van der Waals surface area contributed by atoms with Crippen molar-refractivity contribution >= 4 is 11.5 Å². The maximum absolute atomic E-state index is 14.8. The fourth-order valence-corrected chi connectivity index (χ4v) is 2.78. The molecule has 2 heterocycles. The van der Waals surface area contributed by atoms with Gasteiger partial charge in [0.2, 0.25) is 0 Å². The molecule has 24 heavy (non-hydrogen) atoms. The standard InChI is InChI=1S/C16H19FN6O/c1-10-7-12-15(13(14(10)17)16(18)21-22-19)23(5-6-24-12)9-11-3-2-4-20-8-11/h2-4,7-8,22H,5-6,9,19H2,1H3,(H2,18,21). The minimum atomic E-state index is -0.438. The van der Waals surface area contributed by atoms with E-state index >= 15 is 0 Å². The highest BCUT2D eigenvalue weighted by Gasteiger charge is 2.28. The van der Waals surface area contributed by atoms with Crippen LogP contribution < -0.4 is 26.7 Å². The molecule has 0 fully saturated rings. The van der Waals surface area contributed by atoms with Crippen molar-refractivity contribution in [3.63, 3.8) is 0 Å². The number of hydrogen-bond donors (Lipinski definition) is 3. The van der Waals surface area contributed by atoms with Crippen LogP contribution in [0.15, 0.2) is 35.7 Å². The minimum absolute atomic E-state index is 0.0309. The quantitative estimate of drug-likeness (QED) is 0.335. The van der Waals surface area contributed by atoms with E-state index in [0.717, 1.165) is 5.56 Å². The second-order valence-electron chi connectivity index (χ2n) is 5.49. The van der Waals surface area contributed by atoms with Crippen LogP contribution >= 0.6 is 0 Å². The summed E-state index contributed by atoms with van der Waals surface area (Å²) in [5, 5.41) is 3.73. The van der Waals surface area contributed by atoms with E-state index in [1.54, 1.807) is 25.4 Å². The van der Waals surface area contributed by atoms with Gasteiger partial charge in [0.15, 0.2) is 5.84 Å². The first kappa shape index (κ1) is 16.0. The summed E-state index contributed by atoms with van der Waals surface area (Å²) in [4.78, 5) is 6.12. The van der Waals surface area contributed by atoms with Crippen molar-refractivity contribution in [2.75, 3.05) is 18.1 Å². The number of ether oxygens (including phenoxy) is 1. The molecule has 0 radical (unpaired) electrons. The molecule has 0 spiro atoms. The lowest BCUT2D eigenvalue weighted by molar-refractivity contribution is 0.305. The molecule has 0 amide bonds. The van der Waals surface area contributed by atoms with Crippen LogP contribution in [0.3, 0.4) is 0 Å². The highest BCUT2D eigenvalue weighted by molar-refractivity contribution is 6.04. The van der Waals surface area contributed by atoms with Gasteiger partial charge in [-0.2, -0.15) is 0 Å². The Bertz CT molecular complexity index is 765. The van der Waals surface area contributed by atoms with Crippen LogP contribution in [0.1, 0.15) is 16.7 Å². The van der Waals surface area contributed by atoms with E-state index < -0.39 is 5.82 Å². The lowest BCUT2D eigenvalue weighted by atomic mass is 10.0. The number of nitrogens with zero attached hydrogens (tertiary/aromatic N) is 3. The molecule has 1 aliphatic heterocycles. The number of nitrogens with one attached hydrogen (secondary N) is 1. The largest absolute Gasteiger partial charge is 0.490 e. The summed E-state index contributed by atoms with van der Waals surface area (Å²) in [7, 11) is 0.